The maximum Gasteiger partial charge on any atom is 0.0826 e. The largest absolute Gasteiger partial charge is 0.374 e. The highest BCUT2D eigenvalue weighted by Crippen LogP contribution is 2.22. The molecule has 2 heterocycles. The Hall–Kier alpha value is -1.04. The van der Waals surface area contributed by atoms with Crippen molar-refractivity contribution in [1.29, 1.82) is 0 Å². The van der Waals surface area contributed by atoms with Crippen molar-refractivity contribution in [2.75, 3.05) is 33.3 Å². The first-order valence-corrected chi connectivity index (χ1v) is 6.50. The third kappa shape index (κ3) is 3.04. The van der Waals surface area contributed by atoms with Crippen molar-refractivity contribution < 1.29 is 4.74 Å². The highest BCUT2D eigenvalue weighted by atomic mass is 16.5. The Kier molecular flexibility index (Phi) is 4.63. The number of morpholine rings is 1. The molecule has 2 atom stereocenters. The monoisotopic (exact) mass is 250 g/mol. The van der Waals surface area contributed by atoms with Crippen LogP contribution in [0.2, 0.25) is 0 Å². The lowest BCUT2D eigenvalue weighted by atomic mass is 10.1. The van der Waals surface area contributed by atoms with E-state index in [0.29, 0.717) is 6.04 Å². The summed E-state index contributed by atoms with van der Waals surface area (Å²) in [4.78, 5) is 11.2. The van der Waals surface area contributed by atoms with Crippen LogP contribution in [0.4, 0.5) is 0 Å². The molecule has 0 saturated carbocycles. The second-order valence-corrected chi connectivity index (χ2v) is 4.75. The van der Waals surface area contributed by atoms with Crippen LogP contribution < -0.4 is 5.32 Å². The molecule has 0 aromatic carbocycles. The number of hydrogen-bond donors (Lipinski definition) is 1. The van der Waals surface area contributed by atoms with Crippen molar-refractivity contribution in [2.45, 2.75) is 26.0 Å². The molecule has 18 heavy (non-hydrogen) atoms. The topological polar surface area (TPSA) is 50.3 Å². The number of aryl methyl sites for hydroxylation is 1. The predicted octanol–water partition coefficient (Wildman–Crippen LogP) is 0.766. The van der Waals surface area contributed by atoms with E-state index in [9.17, 15) is 0 Å². The van der Waals surface area contributed by atoms with Gasteiger partial charge in [0.1, 0.15) is 0 Å². The Morgan fingerprint density at radius 1 is 1.50 bits per heavy atom. The molecule has 1 fully saturated rings. The average molecular weight is 250 g/mol. The van der Waals surface area contributed by atoms with Crippen LogP contribution in [-0.2, 0) is 4.74 Å². The summed E-state index contributed by atoms with van der Waals surface area (Å²) in [6.45, 7) is 7.79. The van der Waals surface area contributed by atoms with E-state index >= 15 is 0 Å². The molecule has 1 aromatic rings. The summed E-state index contributed by atoms with van der Waals surface area (Å²) in [5.74, 6) is 0. The van der Waals surface area contributed by atoms with E-state index in [4.69, 9.17) is 4.74 Å². The van der Waals surface area contributed by atoms with E-state index in [0.717, 1.165) is 37.6 Å². The van der Waals surface area contributed by atoms with Gasteiger partial charge in [-0.2, -0.15) is 0 Å². The number of likely N-dealkylation sites (N-methyl/N-ethyl adjacent to an activating group) is 1. The van der Waals surface area contributed by atoms with Gasteiger partial charge in [-0.15, -0.1) is 0 Å². The van der Waals surface area contributed by atoms with Gasteiger partial charge in [-0.25, -0.2) is 0 Å². The fourth-order valence-corrected chi connectivity index (χ4v) is 2.45. The van der Waals surface area contributed by atoms with Crippen LogP contribution in [0.5, 0.6) is 0 Å². The van der Waals surface area contributed by atoms with Crippen LogP contribution in [-0.4, -0.2) is 54.3 Å². The smallest absolute Gasteiger partial charge is 0.0826 e. The lowest BCUT2D eigenvalue weighted by Gasteiger charge is -2.36. The minimum atomic E-state index is 0.267. The van der Waals surface area contributed by atoms with Gasteiger partial charge in [0.15, 0.2) is 0 Å². The normalized spacial score (nSPS) is 22.9. The first-order valence-electron chi connectivity index (χ1n) is 6.50. The van der Waals surface area contributed by atoms with E-state index in [2.05, 4.69) is 27.1 Å². The van der Waals surface area contributed by atoms with Gasteiger partial charge < -0.3 is 10.1 Å². The fraction of sp³-hybridized carbons (Fsp3) is 0.692. The van der Waals surface area contributed by atoms with Crippen LogP contribution in [0.25, 0.3) is 0 Å². The van der Waals surface area contributed by atoms with Gasteiger partial charge in [0.25, 0.3) is 0 Å². The van der Waals surface area contributed by atoms with E-state index in [1.165, 1.54) is 0 Å². The van der Waals surface area contributed by atoms with Crippen LogP contribution in [0.15, 0.2) is 12.4 Å². The van der Waals surface area contributed by atoms with Crippen LogP contribution in [0.1, 0.15) is 24.4 Å². The second kappa shape index (κ2) is 6.22. The van der Waals surface area contributed by atoms with Crippen LogP contribution >= 0.6 is 0 Å². The maximum atomic E-state index is 5.72. The Morgan fingerprint density at radius 2 is 2.28 bits per heavy atom. The molecule has 2 rings (SSSR count). The summed E-state index contributed by atoms with van der Waals surface area (Å²) in [6.07, 6.45) is 3.78. The predicted molar refractivity (Wildman–Crippen MR) is 70.4 cm³/mol. The number of aromatic nitrogens is 2. The van der Waals surface area contributed by atoms with E-state index in [1.807, 2.05) is 14.0 Å². The van der Waals surface area contributed by atoms with Gasteiger partial charge in [0.05, 0.1) is 30.1 Å². The number of rotatable bonds is 4. The summed E-state index contributed by atoms with van der Waals surface area (Å²) in [6, 6.07) is 0.293. The third-order valence-corrected chi connectivity index (χ3v) is 3.46. The summed E-state index contributed by atoms with van der Waals surface area (Å²) < 4.78 is 5.72. The van der Waals surface area contributed by atoms with Crippen molar-refractivity contribution in [1.82, 2.24) is 20.2 Å². The molecule has 5 heteroatoms. The van der Waals surface area contributed by atoms with Gasteiger partial charge in [0.2, 0.25) is 0 Å². The zero-order chi connectivity index (χ0) is 13.0. The highest BCUT2D eigenvalue weighted by molar-refractivity contribution is 5.13. The molecule has 100 valence electrons. The quantitative estimate of drug-likeness (QED) is 0.855. The first-order chi connectivity index (χ1) is 8.72. The minimum Gasteiger partial charge on any atom is -0.374 e. The number of nitrogens with one attached hydrogen (secondary N) is 1. The summed E-state index contributed by atoms with van der Waals surface area (Å²) in [5.41, 5.74) is 2.09. The Morgan fingerprint density at radius 3 is 3.00 bits per heavy atom. The SMILES string of the molecule is CNCC1CN(C(C)c2nccnc2C)CCO1. The number of hydrogen-bond acceptors (Lipinski definition) is 5. The number of ether oxygens (including phenoxy) is 1. The standard InChI is InChI=1S/C13H22N4O/c1-10-13(16-5-4-15-10)11(2)17-6-7-18-12(9-17)8-14-3/h4-5,11-12,14H,6-9H2,1-3H3. The fourth-order valence-electron chi connectivity index (χ4n) is 2.45. The Balaban J connectivity index is 2.04. The Bertz CT molecular complexity index is 383. The Labute approximate surface area is 109 Å². The van der Waals surface area contributed by atoms with E-state index in [1.54, 1.807) is 12.4 Å². The van der Waals surface area contributed by atoms with Gasteiger partial charge in [-0.05, 0) is 20.9 Å². The maximum absolute atomic E-state index is 5.72. The molecule has 5 nitrogen and oxygen atoms in total. The molecule has 1 aliphatic rings. The summed E-state index contributed by atoms with van der Waals surface area (Å²) in [5, 5.41) is 3.17. The molecule has 0 spiro atoms. The molecular formula is C13H22N4O. The van der Waals surface area contributed by atoms with Crippen molar-refractivity contribution in [2.24, 2.45) is 0 Å². The van der Waals surface area contributed by atoms with Gasteiger partial charge in [-0.1, -0.05) is 0 Å². The molecule has 1 N–H and O–H groups in total. The molecule has 0 radical (unpaired) electrons. The van der Waals surface area contributed by atoms with Crippen LogP contribution in [0, 0.1) is 6.92 Å². The molecule has 0 aliphatic carbocycles. The summed E-state index contributed by atoms with van der Waals surface area (Å²) in [7, 11) is 1.96. The van der Waals surface area contributed by atoms with Crippen molar-refractivity contribution >= 4 is 0 Å². The molecule has 0 bridgehead atoms. The molecule has 1 saturated heterocycles. The van der Waals surface area contributed by atoms with E-state index in [-0.39, 0.29) is 6.10 Å². The van der Waals surface area contributed by atoms with Crippen molar-refractivity contribution in [3.63, 3.8) is 0 Å². The average Bonchev–Trinajstić information content (AvgIpc) is 2.39. The zero-order valence-corrected chi connectivity index (χ0v) is 11.4. The number of nitrogens with zero attached hydrogens (tertiary/aromatic N) is 3. The summed E-state index contributed by atoms with van der Waals surface area (Å²) >= 11 is 0. The minimum absolute atomic E-state index is 0.267. The third-order valence-electron chi connectivity index (χ3n) is 3.46. The van der Waals surface area contributed by atoms with Crippen molar-refractivity contribution in [3.05, 3.63) is 23.8 Å². The van der Waals surface area contributed by atoms with Crippen molar-refractivity contribution in [3.8, 4) is 0 Å². The molecule has 1 aliphatic heterocycles. The van der Waals surface area contributed by atoms with Gasteiger partial charge >= 0.3 is 0 Å². The first kappa shape index (κ1) is 13.4. The van der Waals surface area contributed by atoms with Gasteiger partial charge in [0, 0.05) is 32.0 Å². The molecular weight excluding hydrogens is 228 g/mol. The lowest BCUT2D eigenvalue weighted by Crippen LogP contribution is -2.47. The van der Waals surface area contributed by atoms with E-state index < -0.39 is 0 Å². The molecule has 2 unspecified atom stereocenters. The second-order valence-electron chi connectivity index (χ2n) is 4.75. The molecule has 1 aromatic heterocycles. The lowest BCUT2D eigenvalue weighted by molar-refractivity contribution is -0.0399. The molecule has 0 amide bonds. The zero-order valence-electron chi connectivity index (χ0n) is 11.4. The van der Waals surface area contributed by atoms with Crippen LogP contribution in [0.3, 0.4) is 0 Å². The highest BCUT2D eigenvalue weighted by Gasteiger charge is 2.26. The van der Waals surface area contributed by atoms with Gasteiger partial charge in [-0.3, -0.25) is 14.9 Å².